The Labute approximate surface area is 390 Å². The Morgan fingerprint density at radius 1 is 0.269 bits per heavy atom. The summed E-state index contributed by atoms with van der Waals surface area (Å²) in [6, 6.07) is 86.0. The van der Waals surface area contributed by atoms with Gasteiger partial charge >= 0.3 is 0 Å². The minimum absolute atomic E-state index is 0.868. The van der Waals surface area contributed by atoms with Crippen LogP contribution in [0.4, 0.5) is 0 Å². The van der Waals surface area contributed by atoms with Gasteiger partial charge in [-0.25, -0.2) is 4.98 Å². The lowest BCUT2D eigenvalue weighted by Gasteiger charge is -2.15. The Morgan fingerprint density at radius 2 is 0.657 bits per heavy atom. The molecule has 0 saturated heterocycles. The van der Waals surface area contributed by atoms with Gasteiger partial charge in [0.25, 0.3) is 0 Å². The Hall–Kier alpha value is -8.72. The fourth-order valence-corrected chi connectivity index (χ4v) is 10.3. The molecule has 0 N–H and O–H groups in total. The Kier molecular flexibility index (Phi) is 9.28. The zero-order valence-corrected chi connectivity index (χ0v) is 36.7. The van der Waals surface area contributed by atoms with Crippen molar-refractivity contribution in [3.63, 3.8) is 0 Å². The van der Waals surface area contributed by atoms with Gasteiger partial charge in [0.15, 0.2) is 0 Å². The molecule has 0 unspecified atom stereocenters. The summed E-state index contributed by atoms with van der Waals surface area (Å²) in [7, 11) is 0. The highest BCUT2D eigenvalue weighted by Crippen LogP contribution is 2.46. The maximum atomic E-state index is 5.23. The van der Waals surface area contributed by atoms with E-state index in [1.54, 1.807) is 0 Å². The number of benzene rings is 11. The van der Waals surface area contributed by atoms with Crippen LogP contribution < -0.4 is 0 Å². The number of nitrogens with zero attached hydrogens (tertiary/aromatic N) is 2. The Balaban J connectivity index is 0.847. The predicted molar refractivity (Wildman–Crippen MR) is 281 cm³/mol. The third-order valence-electron chi connectivity index (χ3n) is 13.8. The lowest BCUT2D eigenvalue weighted by Crippen LogP contribution is -1.92. The molecule has 1 aliphatic rings. The van der Waals surface area contributed by atoms with Crippen molar-refractivity contribution in [1.82, 2.24) is 9.97 Å². The summed E-state index contributed by atoms with van der Waals surface area (Å²) >= 11 is 0. The molecular weight excluding hydrogens is 809 g/mol. The molecule has 1 aromatic heterocycles. The molecule has 0 fully saturated rings. The van der Waals surface area contributed by atoms with Crippen LogP contribution in [0.3, 0.4) is 0 Å². The topological polar surface area (TPSA) is 25.8 Å². The highest BCUT2D eigenvalue weighted by molar-refractivity contribution is 6.23. The van der Waals surface area contributed by atoms with Gasteiger partial charge in [-0.05, 0) is 124 Å². The second-order valence-corrected chi connectivity index (χ2v) is 17.7. The predicted octanol–water partition coefficient (Wildman–Crippen LogP) is 17.2. The fraction of sp³-hybridized carbons (Fsp3) is 0.0154. The van der Waals surface area contributed by atoms with Gasteiger partial charge in [0.2, 0.25) is 0 Å². The van der Waals surface area contributed by atoms with Crippen molar-refractivity contribution < 1.29 is 0 Å². The smallest absolute Gasteiger partial charge is 0.0979 e. The first kappa shape index (κ1) is 38.7. The van der Waals surface area contributed by atoms with Crippen molar-refractivity contribution in [3.05, 3.63) is 254 Å². The normalized spacial score (nSPS) is 11.8. The largest absolute Gasteiger partial charge is 0.252 e. The molecule has 312 valence electrons. The highest BCUT2D eigenvalue weighted by Gasteiger charge is 2.24. The van der Waals surface area contributed by atoms with Crippen molar-refractivity contribution in [2.24, 2.45) is 0 Å². The van der Waals surface area contributed by atoms with Crippen molar-refractivity contribution >= 4 is 32.6 Å². The zero-order valence-electron chi connectivity index (χ0n) is 36.7. The van der Waals surface area contributed by atoms with Gasteiger partial charge < -0.3 is 0 Å². The maximum absolute atomic E-state index is 5.23. The molecule has 0 spiro atoms. The molecule has 1 heterocycles. The minimum atomic E-state index is 0.868. The molecule has 13 rings (SSSR count). The van der Waals surface area contributed by atoms with Gasteiger partial charge in [-0.1, -0.05) is 218 Å². The number of rotatable bonds is 7. The van der Waals surface area contributed by atoms with Crippen LogP contribution in [0.5, 0.6) is 0 Å². The molecule has 1 aliphatic carbocycles. The van der Waals surface area contributed by atoms with Crippen LogP contribution in [0.15, 0.2) is 243 Å². The van der Waals surface area contributed by atoms with E-state index in [1.807, 2.05) is 6.20 Å². The molecule has 0 saturated carbocycles. The number of aromatic nitrogens is 2. The number of fused-ring (bicyclic) bond motifs is 9. The van der Waals surface area contributed by atoms with Crippen LogP contribution >= 0.6 is 0 Å². The summed E-state index contributed by atoms with van der Waals surface area (Å²) in [4.78, 5) is 10.2. The molecule has 0 atom stereocenters. The average molecular weight is 851 g/mol. The van der Waals surface area contributed by atoms with Crippen molar-refractivity contribution in [1.29, 1.82) is 0 Å². The summed E-state index contributed by atoms with van der Waals surface area (Å²) in [5.74, 6) is 0. The average Bonchev–Trinajstić information content (AvgIpc) is 3.79. The van der Waals surface area contributed by atoms with E-state index < -0.39 is 0 Å². The summed E-state index contributed by atoms with van der Waals surface area (Å²) < 4.78 is 0. The van der Waals surface area contributed by atoms with E-state index >= 15 is 0 Å². The van der Waals surface area contributed by atoms with Crippen LogP contribution in [0.1, 0.15) is 11.1 Å². The Morgan fingerprint density at radius 3 is 1.21 bits per heavy atom. The third kappa shape index (κ3) is 6.90. The van der Waals surface area contributed by atoms with E-state index in [2.05, 4.69) is 237 Å². The minimum Gasteiger partial charge on any atom is -0.252 e. The quantitative estimate of drug-likeness (QED) is 0.149. The molecule has 11 aromatic carbocycles. The molecular formula is C65H42N2. The van der Waals surface area contributed by atoms with Gasteiger partial charge in [-0.2, -0.15) is 0 Å². The van der Waals surface area contributed by atoms with Gasteiger partial charge in [0.1, 0.15) is 0 Å². The molecule has 2 nitrogen and oxygen atoms in total. The van der Waals surface area contributed by atoms with Crippen LogP contribution in [0.25, 0.3) is 122 Å². The molecule has 0 radical (unpaired) electrons. The van der Waals surface area contributed by atoms with Crippen LogP contribution in [-0.2, 0) is 6.42 Å². The lowest BCUT2D eigenvalue weighted by atomic mass is 9.89. The van der Waals surface area contributed by atoms with Crippen molar-refractivity contribution in [3.8, 4) is 89.1 Å². The van der Waals surface area contributed by atoms with Gasteiger partial charge in [0, 0.05) is 16.3 Å². The van der Waals surface area contributed by atoms with Crippen molar-refractivity contribution in [2.75, 3.05) is 0 Å². The van der Waals surface area contributed by atoms with E-state index in [-0.39, 0.29) is 0 Å². The first-order valence-electron chi connectivity index (χ1n) is 23.1. The first-order valence-corrected chi connectivity index (χ1v) is 23.1. The van der Waals surface area contributed by atoms with E-state index in [1.165, 1.54) is 94.2 Å². The fourth-order valence-electron chi connectivity index (χ4n) is 10.3. The summed E-state index contributed by atoms with van der Waals surface area (Å²) in [5.41, 5.74) is 23.8. The van der Waals surface area contributed by atoms with Crippen LogP contribution in [0.2, 0.25) is 0 Å². The second-order valence-electron chi connectivity index (χ2n) is 17.7. The van der Waals surface area contributed by atoms with Gasteiger partial charge in [-0.15, -0.1) is 0 Å². The summed E-state index contributed by atoms with van der Waals surface area (Å²) in [6.45, 7) is 0. The molecule has 67 heavy (non-hydrogen) atoms. The molecule has 0 aliphatic heterocycles. The third-order valence-corrected chi connectivity index (χ3v) is 13.8. The van der Waals surface area contributed by atoms with Crippen molar-refractivity contribution in [2.45, 2.75) is 6.42 Å². The van der Waals surface area contributed by atoms with E-state index in [9.17, 15) is 0 Å². The van der Waals surface area contributed by atoms with E-state index in [0.29, 0.717) is 0 Å². The van der Waals surface area contributed by atoms with Gasteiger partial charge in [-0.3, -0.25) is 4.98 Å². The Bertz CT molecular complexity index is 3780. The van der Waals surface area contributed by atoms with E-state index in [4.69, 9.17) is 9.97 Å². The molecule has 0 amide bonds. The monoisotopic (exact) mass is 850 g/mol. The zero-order chi connectivity index (χ0) is 44.3. The molecule has 0 bridgehead atoms. The molecule has 12 aromatic rings. The van der Waals surface area contributed by atoms with E-state index in [0.717, 1.165) is 45.0 Å². The summed E-state index contributed by atoms with van der Waals surface area (Å²) in [6.07, 6.45) is 2.81. The lowest BCUT2D eigenvalue weighted by molar-refractivity contribution is 1.26. The second kappa shape index (κ2) is 16.1. The summed E-state index contributed by atoms with van der Waals surface area (Å²) in [5, 5.41) is 4.65. The van der Waals surface area contributed by atoms with Crippen LogP contribution in [-0.4, -0.2) is 9.97 Å². The first-order chi connectivity index (χ1) is 33.2. The van der Waals surface area contributed by atoms with Crippen LogP contribution in [0, 0.1) is 0 Å². The standard InChI is InChI=1S/C65H42N2/c1-3-11-42(12-4-1)44-19-23-48(24-20-44)52-35-36-53-38-61-59(39-54(40-62(61)60(53)37-52)49-25-21-45(22-26-49)43-13-5-2-6-14-43)50-31-27-46(28-32-50)47-29-33-51(34-30-47)63-41-66-64-57-17-9-7-15-55(57)56-16-8-10-18-58(56)65(64)67-63/h1-37,39-41H,38H2. The van der Waals surface area contributed by atoms with Gasteiger partial charge in [0.05, 0.1) is 22.9 Å². The SMILES string of the molecule is c1ccc(-c2ccc(-c3ccc4c(c3)-c3cc(-c5ccc(-c6ccccc6)cc5)cc(-c5ccc(-c6ccc(-c7cnc8c9ccccc9c9ccccc9c8n7)cc6)cc5)c3C4)cc2)cc1. The highest BCUT2D eigenvalue weighted by atomic mass is 14.8. The number of hydrogen-bond donors (Lipinski definition) is 0. The molecule has 2 heteroatoms. The maximum Gasteiger partial charge on any atom is 0.0979 e. The number of hydrogen-bond acceptors (Lipinski definition) is 2.